The summed E-state index contributed by atoms with van der Waals surface area (Å²) in [5.41, 5.74) is 8.32. The van der Waals surface area contributed by atoms with Gasteiger partial charge in [0.2, 0.25) is 0 Å². The Kier molecular flexibility index (Phi) is 8.03. The van der Waals surface area contributed by atoms with E-state index in [9.17, 15) is 0 Å². The second-order valence-electron chi connectivity index (χ2n) is 5.36. The van der Waals surface area contributed by atoms with Gasteiger partial charge in [-0.3, -0.25) is 4.99 Å². The van der Waals surface area contributed by atoms with Gasteiger partial charge in [0.05, 0.1) is 6.10 Å². The van der Waals surface area contributed by atoms with Crippen molar-refractivity contribution in [2.24, 2.45) is 16.6 Å². The molecule has 1 heterocycles. The number of nitrogens with two attached hydrogens (primary N) is 1. The average Bonchev–Trinajstić information content (AvgIpc) is 2.47. The molecule has 1 fully saturated rings. The highest BCUT2D eigenvalue weighted by Gasteiger charge is 2.27. The molecule has 0 aliphatic carbocycles. The Morgan fingerprint density at radius 1 is 1.38 bits per heavy atom. The van der Waals surface area contributed by atoms with Crippen molar-refractivity contribution in [3.05, 3.63) is 35.4 Å². The van der Waals surface area contributed by atoms with Gasteiger partial charge in [0, 0.05) is 25.6 Å². The van der Waals surface area contributed by atoms with E-state index in [0.717, 1.165) is 32.5 Å². The predicted octanol–water partition coefficient (Wildman–Crippen LogP) is 3.00. The molecule has 2 atom stereocenters. The van der Waals surface area contributed by atoms with Crippen molar-refractivity contribution in [3.8, 4) is 0 Å². The predicted molar refractivity (Wildman–Crippen MR) is 98.2 cm³/mol. The van der Waals surface area contributed by atoms with Crippen molar-refractivity contribution in [1.82, 2.24) is 5.32 Å². The number of ether oxygens (including phenoxy) is 1. The highest BCUT2D eigenvalue weighted by molar-refractivity contribution is 14.0. The number of nitrogens with zero attached hydrogens (tertiary/aromatic N) is 1. The molecule has 21 heavy (non-hydrogen) atoms. The van der Waals surface area contributed by atoms with Gasteiger partial charge in [-0.05, 0) is 32.3 Å². The molecule has 1 aromatic carbocycles. The molecule has 2 rings (SSSR count). The molecule has 0 spiro atoms. The third-order valence-electron chi connectivity index (χ3n) is 3.70. The maximum atomic E-state index is 5.98. The normalized spacial score (nSPS) is 22.5. The van der Waals surface area contributed by atoms with E-state index in [-0.39, 0.29) is 30.1 Å². The van der Waals surface area contributed by atoms with Crippen LogP contribution in [0.25, 0.3) is 0 Å². The molecular weight excluding hydrogens is 377 g/mol. The van der Waals surface area contributed by atoms with E-state index in [1.165, 1.54) is 11.1 Å². The molecule has 4 nitrogen and oxygen atoms in total. The number of nitrogens with one attached hydrogen (secondary N) is 1. The van der Waals surface area contributed by atoms with E-state index in [0.29, 0.717) is 11.9 Å². The van der Waals surface area contributed by atoms with Crippen LogP contribution in [0.5, 0.6) is 0 Å². The van der Waals surface area contributed by atoms with Gasteiger partial charge in [-0.1, -0.05) is 29.8 Å². The smallest absolute Gasteiger partial charge is 0.188 e. The molecule has 0 bridgehead atoms. The minimum Gasteiger partial charge on any atom is -0.373 e. The van der Waals surface area contributed by atoms with E-state index in [1.54, 1.807) is 0 Å². The van der Waals surface area contributed by atoms with Crippen LogP contribution in [0.3, 0.4) is 0 Å². The van der Waals surface area contributed by atoms with Gasteiger partial charge in [-0.25, -0.2) is 0 Å². The lowest BCUT2D eigenvalue weighted by atomic mass is 9.89. The SMILES string of the molecule is CCNC(N)=NCC1CCCOC1c1ccc(C)cc1.I. The largest absolute Gasteiger partial charge is 0.373 e. The van der Waals surface area contributed by atoms with E-state index >= 15 is 0 Å². The molecule has 0 radical (unpaired) electrons. The van der Waals surface area contributed by atoms with Crippen molar-refractivity contribution in [2.75, 3.05) is 19.7 Å². The highest BCUT2D eigenvalue weighted by atomic mass is 127. The van der Waals surface area contributed by atoms with Crippen LogP contribution in [0.2, 0.25) is 0 Å². The van der Waals surface area contributed by atoms with E-state index < -0.39 is 0 Å². The van der Waals surface area contributed by atoms with Crippen molar-refractivity contribution in [1.29, 1.82) is 0 Å². The first kappa shape index (κ1) is 18.2. The summed E-state index contributed by atoms with van der Waals surface area (Å²) in [4.78, 5) is 4.43. The van der Waals surface area contributed by atoms with Crippen molar-refractivity contribution >= 4 is 29.9 Å². The zero-order valence-corrected chi connectivity index (χ0v) is 15.2. The van der Waals surface area contributed by atoms with Crippen LogP contribution in [0, 0.1) is 12.8 Å². The van der Waals surface area contributed by atoms with E-state index in [2.05, 4.69) is 41.5 Å². The Morgan fingerprint density at radius 3 is 2.76 bits per heavy atom. The molecule has 118 valence electrons. The number of aliphatic imine (C=N–C) groups is 1. The third-order valence-corrected chi connectivity index (χ3v) is 3.70. The zero-order valence-electron chi connectivity index (χ0n) is 12.8. The van der Waals surface area contributed by atoms with Crippen molar-refractivity contribution in [3.63, 3.8) is 0 Å². The lowest BCUT2D eigenvalue weighted by Crippen LogP contribution is -2.33. The Hall–Kier alpha value is -0.820. The monoisotopic (exact) mass is 403 g/mol. The van der Waals surface area contributed by atoms with E-state index in [4.69, 9.17) is 10.5 Å². The summed E-state index contributed by atoms with van der Waals surface area (Å²) in [6.45, 7) is 6.47. The lowest BCUT2D eigenvalue weighted by molar-refractivity contribution is -0.0250. The van der Waals surface area contributed by atoms with Crippen LogP contribution in [0.1, 0.15) is 37.0 Å². The summed E-state index contributed by atoms with van der Waals surface area (Å²) < 4.78 is 5.98. The fraction of sp³-hybridized carbons (Fsp3) is 0.562. The fourth-order valence-electron chi connectivity index (χ4n) is 2.61. The van der Waals surface area contributed by atoms with Gasteiger partial charge in [-0.2, -0.15) is 0 Å². The van der Waals surface area contributed by atoms with Crippen LogP contribution in [-0.2, 0) is 4.74 Å². The maximum absolute atomic E-state index is 5.98. The van der Waals surface area contributed by atoms with Crippen LogP contribution >= 0.6 is 24.0 Å². The summed E-state index contributed by atoms with van der Waals surface area (Å²) >= 11 is 0. The molecule has 1 saturated heterocycles. The average molecular weight is 403 g/mol. The second kappa shape index (κ2) is 9.25. The second-order valence-corrected chi connectivity index (χ2v) is 5.36. The molecule has 0 aromatic heterocycles. The minimum atomic E-state index is 0. The Balaban J connectivity index is 0.00000220. The Morgan fingerprint density at radius 2 is 2.10 bits per heavy atom. The summed E-state index contributed by atoms with van der Waals surface area (Å²) in [7, 11) is 0. The lowest BCUT2D eigenvalue weighted by Gasteiger charge is -2.31. The van der Waals surface area contributed by atoms with Crippen LogP contribution in [-0.4, -0.2) is 25.7 Å². The standard InChI is InChI=1S/C16H25N3O.HI/c1-3-18-16(17)19-11-14-5-4-10-20-15(14)13-8-6-12(2)7-9-13;/h6-9,14-15H,3-5,10-11H2,1-2H3,(H3,17,18,19);1H. The first-order valence-corrected chi connectivity index (χ1v) is 7.42. The molecular formula is C16H26IN3O. The summed E-state index contributed by atoms with van der Waals surface area (Å²) in [5.74, 6) is 0.935. The number of rotatable bonds is 4. The molecule has 0 amide bonds. The Labute approximate surface area is 144 Å². The van der Waals surface area contributed by atoms with Gasteiger partial charge < -0.3 is 15.8 Å². The quantitative estimate of drug-likeness (QED) is 0.462. The Bertz CT molecular complexity index is 447. The maximum Gasteiger partial charge on any atom is 0.188 e. The topological polar surface area (TPSA) is 59.6 Å². The van der Waals surface area contributed by atoms with Gasteiger partial charge in [-0.15, -0.1) is 24.0 Å². The van der Waals surface area contributed by atoms with Crippen LogP contribution in [0.4, 0.5) is 0 Å². The van der Waals surface area contributed by atoms with Gasteiger partial charge in [0.15, 0.2) is 5.96 Å². The molecule has 2 unspecified atom stereocenters. The molecule has 5 heteroatoms. The molecule has 1 aromatic rings. The first-order chi connectivity index (χ1) is 9.70. The number of guanidine groups is 1. The number of hydrogen-bond acceptors (Lipinski definition) is 2. The van der Waals surface area contributed by atoms with E-state index in [1.807, 2.05) is 6.92 Å². The number of benzene rings is 1. The van der Waals surface area contributed by atoms with Crippen LogP contribution in [0.15, 0.2) is 29.3 Å². The highest BCUT2D eigenvalue weighted by Crippen LogP contribution is 2.33. The third kappa shape index (κ3) is 5.47. The summed E-state index contributed by atoms with van der Waals surface area (Å²) in [5, 5.41) is 3.03. The van der Waals surface area contributed by atoms with Gasteiger partial charge in [0.25, 0.3) is 0 Å². The number of hydrogen-bond donors (Lipinski definition) is 2. The fourth-order valence-corrected chi connectivity index (χ4v) is 2.61. The summed E-state index contributed by atoms with van der Waals surface area (Å²) in [6.07, 6.45) is 2.38. The van der Waals surface area contributed by atoms with Crippen LogP contribution < -0.4 is 11.1 Å². The first-order valence-electron chi connectivity index (χ1n) is 7.42. The number of halogens is 1. The van der Waals surface area contributed by atoms with Gasteiger partial charge in [0.1, 0.15) is 0 Å². The molecule has 1 aliphatic rings. The summed E-state index contributed by atoms with van der Waals surface area (Å²) in [6, 6.07) is 8.60. The zero-order chi connectivity index (χ0) is 14.4. The molecule has 1 aliphatic heterocycles. The minimum absolute atomic E-state index is 0. The number of aryl methyl sites for hydroxylation is 1. The molecule has 3 N–H and O–H groups in total. The van der Waals surface area contributed by atoms with Crippen molar-refractivity contribution < 1.29 is 4.74 Å². The molecule has 0 saturated carbocycles. The van der Waals surface area contributed by atoms with Crippen molar-refractivity contribution in [2.45, 2.75) is 32.8 Å². The van der Waals surface area contributed by atoms with Gasteiger partial charge >= 0.3 is 0 Å².